The van der Waals surface area contributed by atoms with E-state index in [4.69, 9.17) is 11.6 Å². The first-order chi connectivity index (χ1) is 9.75. The van der Waals surface area contributed by atoms with Gasteiger partial charge in [0.25, 0.3) is 0 Å². The molecule has 2 unspecified atom stereocenters. The highest BCUT2D eigenvalue weighted by atomic mass is 35.5. The molecule has 0 aromatic heterocycles. The number of carbonyl (C=O) groups excluding carboxylic acids is 1. The van der Waals surface area contributed by atoms with Crippen LogP contribution in [-0.2, 0) is 0 Å². The minimum Gasteiger partial charge on any atom is -0.293 e. The second-order valence-corrected chi connectivity index (χ2v) is 6.53. The Morgan fingerprint density at radius 1 is 1.15 bits per heavy atom. The first kappa shape index (κ1) is 14.1. The molecule has 0 radical (unpaired) electrons. The topological polar surface area (TPSA) is 20.3 Å². The van der Waals surface area contributed by atoms with Crippen LogP contribution in [0.5, 0.6) is 0 Å². The van der Waals surface area contributed by atoms with Crippen LogP contribution in [0.25, 0.3) is 0 Å². The van der Waals surface area contributed by atoms with E-state index in [9.17, 15) is 4.79 Å². The zero-order valence-corrected chi connectivity index (χ0v) is 12.6. The van der Waals surface area contributed by atoms with E-state index in [-0.39, 0.29) is 5.78 Å². The molecule has 1 aliphatic heterocycles. The summed E-state index contributed by atoms with van der Waals surface area (Å²) in [5, 5.41) is 0.578. The summed E-state index contributed by atoms with van der Waals surface area (Å²) in [5.74, 6) is 0.985. The van der Waals surface area contributed by atoms with Crippen LogP contribution in [0.1, 0.15) is 48.9 Å². The van der Waals surface area contributed by atoms with E-state index < -0.39 is 0 Å². The van der Waals surface area contributed by atoms with Crippen molar-refractivity contribution in [2.24, 2.45) is 5.92 Å². The standard InChI is InChI=1S/C17H22ClNO/c18-15-9-3-2-8-14(15)17(20)12-19-11-5-7-13-6-1-4-10-16(13)19/h2-3,8-9,13,16H,1,4-7,10-12H2. The molecule has 108 valence electrons. The smallest absolute Gasteiger partial charge is 0.178 e. The van der Waals surface area contributed by atoms with Crippen LogP contribution >= 0.6 is 11.6 Å². The molecule has 1 aliphatic carbocycles. The monoisotopic (exact) mass is 291 g/mol. The Labute approximate surface area is 126 Å². The number of nitrogens with zero attached hydrogens (tertiary/aromatic N) is 1. The fourth-order valence-corrected chi connectivity index (χ4v) is 4.12. The molecule has 1 aromatic carbocycles. The van der Waals surface area contributed by atoms with Crippen LogP contribution in [-0.4, -0.2) is 29.8 Å². The molecule has 2 aliphatic rings. The Morgan fingerprint density at radius 2 is 1.90 bits per heavy atom. The van der Waals surface area contributed by atoms with E-state index >= 15 is 0 Å². The molecule has 3 rings (SSSR count). The van der Waals surface area contributed by atoms with Crippen molar-refractivity contribution in [1.29, 1.82) is 0 Å². The minimum absolute atomic E-state index is 0.168. The molecule has 1 saturated heterocycles. The molecule has 0 amide bonds. The van der Waals surface area contributed by atoms with Crippen molar-refractivity contribution in [2.45, 2.75) is 44.6 Å². The van der Waals surface area contributed by atoms with E-state index in [1.807, 2.05) is 18.2 Å². The molecule has 3 heteroatoms. The molecular weight excluding hydrogens is 270 g/mol. The highest BCUT2D eigenvalue weighted by Gasteiger charge is 2.34. The van der Waals surface area contributed by atoms with Crippen LogP contribution in [0.15, 0.2) is 24.3 Å². The molecular formula is C17H22ClNO. The van der Waals surface area contributed by atoms with Crippen molar-refractivity contribution in [2.75, 3.05) is 13.1 Å². The predicted molar refractivity (Wildman–Crippen MR) is 82.3 cm³/mol. The lowest BCUT2D eigenvalue weighted by atomic mass is 9.78. The van der Waals surface area contributed by atoms with Crippen LogP contribution in [0.4, 0.5) is 0 Å². The zero-order chi connectivity index (χ0) is 13.9. The molecule has 0 bridgehead atoms. The molecule has 1 aromatic rings. The Hall–Kier alpha value is -0.860. The Balaban J connectivity index is 1.70. The quantitative estimate of drug-likeness (QED) is 0.779. The van der Waals surface area contributed by atoms with Gasteiger partial charge in [-0.2, -0.15) is 0 Å². The average Bonchev–Trinajstić information content (AvgIpc) is 2.48. The maximum atomic E-state index is 12.5. The summed E-state index contributed by atoms with van der Waals surface area (Å²) in [6.07, 6.45) is 7.88. The first-order valence-corrected chi connectivity index (χ1v) is 8.15. The van der Waals surface area contributed by atoms with Crippen LogP contribution in [0.3, 0.4) is 0 Å². The number of fused-ring (bicyclic) bond motifs is 1. The third-order valence-corrected chi connectivity index (χ3v) is 5.21. The summed E-state index contributed by atoms with van der Waals surface area (Å²) in [6.45, 7) is 1.60. The number of rotatable bonds is 3. The maximum absolute atomic E-state index is 12.5. The number of halogens is 1. The zero-order valence-electron chi connectivity index (χ0n) is 11.9. The van der Waals surface area contributed by atoms with Crippen molar-refractivity contribution in [3.8, 4) is 0 Å². The summed E-state index contributed by atoms with van der Waals surface area (Å²) in [6, 6.07) is 8.03. The number of piperidine rings is 1. The summed E-state index contributed by atoms with van der Waals surface area (Å²) < 4.78 is 0. The number of hydrogen-bond acceptors (Lipinski definition) is 2. The highest BCUT2D eigenvalue weighted by molar-refractivity contribution is 6.34. The second kappa shape index (κ2) is 6.28. The van der Waals surface area contributed by atoms with Crippen molar-refractivity contribution < 1.29 is 4.79 Å². The van der Waals surface area contributed by atoms with Crippen molar-refractivity contribution in [1.82, 2.24) is 4.90 Å². The minimum atomic E-state index is 0.168. The lowest BCUT2D eigenvalue weighted by Gasteiger charge is -2.43. The van der Waals surface area contributed by atoms with Gasteiger partial charge in [0.15, 0.2) is 5.78 Å². The lowest BCUT2D eigenvalue weighted by molar-refractivity contribution is 0.0539. The molecule has 2 fully saturated rings. The van der Waals surface area contributed by atoms with Gasteiger partial charge >= 0.3 is 0 Å². The third-order valence-electron chi connectivity index (χ3n) is 4.88. The Bertz CT molecular complexity index is 486. The van der Waals surface area contributed by atoms with Crippen molar-refractivity contribution >= 4 is 17.4 Å². The van der Waals surface area contributed by atoms with Gasteiger partial charge in [-0.1, -0.05) is 36.6 Å². The van der Waals surface area contributed by atoms with Gasteiger partial charge in [0.1, 0.15) is 0 Å². The van der Waals surface area contributed by atoms with Crippen molar-refractivity contribution in [3.05, 3.63) is 34.9 Å². The predicted octanol–water partition coefficient (Wildman–Crippen LogP) is 4.18. The van der Waals surface area contributed by atoms with Gasteiger partial charge < -0.3 is 0 Å². The van der Waals surface area contributed by atoms with Crippen LogP contribution < -0.4 is 0 Å². The van der Waals surface area contributed by atoms with Crippen molar-refractivity contribution in [3.63, 3.8) is 0 Å². The summed E-state index contributed by atoms with van der Waals surface area (Å²) in [4.78, 5) is 14.9. The SMILES string of the molecule is O=C(CN1CCCC2CCCCC21)c1ccccc1Cl. The molecule has 0 N–H and O–H groups in total. The fourth-order valence-electron chi connectivity index (χ4n) is 3.88. The van der Waals surface area contributed by atoms with Gasteiger partial charge in [-0.25, -0.2) is 0 Å². The molecule has 1 saturated carbocycles. The summed E-state index contributed by atoms with van der Waals surface area (Å²) in [7, 11) is 0. The van der Waals surface area contributed by atoms with Gasteiger partial charge in [-0.05, 0) is 50.3 Å². The first-order valence-electron chi connectivity index (χ1n) is 7.77. The number of ketones is 1. The summed E-state index contributed by atoms with van der Waals surface area (Å²) >= 11 is 6.13. The number of benzene rings is 1. The lowest BCUT2D eigenvalue weighted by Crippen LogP contribution is -2.48. The van der Waals surface area contributed by atoms with Gasteiger partial charge in [0, 0.05) is 11.6 Å². The van der Waals surface area contributed by atoms with Gasteiger partial charge in [0.05, 0.1) is 11.6 Å². The second-order valence-electron chi connectivity index (χ2n) is 6.13. The largest absolute Gasteiger partial charge is 0.293 e. The molecule has 0 spiro atoms. The van der Waals surface area contributed by atoms with Crippen LogP contribution in [0.2, 0.25) is 5.02 Å². The van der Waals surface area contributed by atoms with Crippen LogP contribution in [0, 0.1) is 5.92 Å². The molecule has 2 nitrogen and oxygen atoms in total. The van der Waals surface area contributed by atoms with E-state index in [2.05, 4.69) is 4.90 Å². The Kier molecular flexibility index (Phi) is 4.42. The average molecular weight is 292 g/mol. The Morgan fingerprint density at radius 3 is 2.75 bits per heavy atom. The maximum Gasteiger partial charge on any atom is 0.178 e. The van der Waals surface area contributed by atoms with E-state index in [0.29, 0.717) is 23.2 Å². The number of carbonyl (C=O) groups is 1. The van der Waals surface area contributed by atoms with Gasteiger partial charge in [-0.15, -0.1) is 0 Å². The number of likely N-dealkylation sites (tertiary alicyclic amines) is 1. The fraction of sp³-hybridized carbons (Fsp3) is 0.588. The molecule has 1 heterocycles. The normalized spacial score (nSPS) is 27.1. The number of Topliss-reactive ketones (excluding diaryl/α,β-unsaturated/α-hetero) is 1. The highest BCUT2D eigenvalue weighted by Crippen LogP contribution is 2.35. The van der Waals surface area contributed by atoms with E-state index in [1.54, 1.807) is 6.07 Å². The van der Waals surface area contributed by atoms with E-state index in [0.717, 1.165) is 12.5 Å². The molecule has 2 atom stereocenters. The van der Waals surface area contributed by atoms with Gasteiger partial charge in [0.2, 0.25) is 0 Å². The number of hydrogen-bond donors (Lipinski definition) is 0. The molecule has 20 heavy (non-hydrogen) atoms. The third kappa shape index (κ3) is 2.91. The van der Waals surface area contributed by atoms with E-state index in [1.165, 1.54) is 38.5 Å². The van der Waals surface area contributed by atoms with Gasteiger partial charge in [-0.3, -0.25) is 9.69 Å². The summed E-state index contributed by atoms with van der Waals surface area (Å²) in [5.41, 5.74) is 0.673.